The van der Waals surface area contributed by atoms with Crippen LogP contribution >= 0.6 is 0 Å². The van der Waals surface area contributed by atoms with Gasteiger partial charge < -0.3 is 25.2 Å². The van der Waals surface area contributed by atoms with Gasteiger partial charge in [0.1, 0.15) is 12.4 Å². The molecule has 0 aliphatic carbocycles. The fraction of sp³-hybridized carbons (Fsp3) is 0.421. The third-order valence-electron chi connectivity index (χ3n) is 9.17. The van der Waals surface area contributed by atoms with Gasteiger partial charge in [-0.05, 0) is 70.8 Å². The second-order valence-electron chi connectivity index (χ2n) is 12.9. The molecule has 4 atom stereocenters. The van der Waals surface area contributed by atoms with Gasteiger partial charge in [-0.1, -0.05) is 60.7 Å². The van der Waals surface area contributed by atoms with Gasteiger partial charge in [-0.25, -0.2) is 4.79 Å². The Morgan fingerprint density at radius 3 is 2.33 bits per heavy atom. The van der Waals surface area contributed by atoms with Gasteiger partial charge in [-0.3, -0.25) is 19.8 Å². The molecular formula is C38H48N4O7. The summed E-state index contributed by atoms with van der Waals surface area (Å²) in [6, 6.07) is 25.2. The molecule has 0 aromatic heterocycles. The van der Waals surface area contributed by atoms with Gasteiger partial charge in [-0.15, -0.1) is 0 Å². The molecule has 49 heavy (non-hydrogen) atoms. The van der Waals surface area contributed by atoms with Crippen molar-refractivity contribution in [3.63, 3.8) is 0 Å². The van der Waals surface area contributed by atoms with Crippen LogP contribution in [0.3, 0.4) is 0 Å². The maximum atomic E-state index is 13.6. The number of carboxylic acid groups (broad SMARTS) is 1. The smallest absolute Gasteiger partial charge is 0.336 e. The number of nitro benzene ring substituents is 1. The lowest BCUT2D eigenvalue weighted by molar-refractivity contribution is -0.384. The van der Waals surface area contributed by atoms with Crippen molar-refractivity contribution in [1.29, 1.82) is 0 Å². The summed E-state index contributed by atoms with van der Waals surface area (Å²) in [5, 5.41) is 29.4. The van der Waals surface area contributed by atoms with E-state index in [-0.39, 0.29) is 23.7 Å². The van der Waals surface area contributed by atoms with E-state index in [9.17, 15) is 24.8 Å². The molecule has 3 aromatic carbocycles. The number of ether oxygens (including phenoxy) is 2. The summed E-state index contributed by atoms with van der Waals surface area (Å²) < 4.78 is 11.7. The molecule has 1 heterocycles. The van der Waals surface area contributed by atoms with Gasteiger partial charge in [0.15, 0.2) is 0 Å². The minimum absolute atomic E-state index is 0.0797. The number of esters is 1. The van der Waals surface area contributed by atoms with Crippen LogP contribution in [0, 0.1) is 15.5 Å². The summed E-state index contributed by atoms with van der Waals surface area (Å²) in [5.74, 6) is -1.95. The van der Waals surface area contributed by atoms with Crippen molar-refractivity contribution in [3.8, 4) is 5.75 Å². The average molecular weight is 673 g/mol. The quantitative estimate of drug-likeness (QED) is 0.0685. The predicted molar refractivity (Wildman–Crippen MR) is 188 cm³/mol. The maximum absolute atomic E-state index is 13.6. The fourth-order valence-corrected chi connectivity index (χ4v) is 6.62. The molecule has 4 unspecified atom stereocenters. The summed E-state index contributed by atoms with van der Waals surface area (Å²) in [6.07, 6.45) is -0.306. The topological polar surface area (TPSA) is 143 Å². The first kappa shape index (κ1) is 37.1. The number of hydrogen-bond donors (Lipinski definition) is 3. The van der Waals surface area contributed by atoms with E-state index < -0.39 is 40.3 Å². The van der Waals surface area contributed by atoms with Crippen LogP contribution in [0.2, 0.25) is 0 Å². The lowest BCUT2D eigenvalue weighted by Gasteiger charge is -2.47. The summed E-state index contributed by atoms with van der Waals surface area (Å²) in [4.78, 5) is 40.6. The van der Waals surface area contributed by atoms with Gasteiger partial charge in [0.2, 0.25) is 0 Å². The Morgan fingerprint density at radius 1 is 1.02 bits per heavy atom. The summed E-state index contributed by atoms with van der Waals surface area (Å²) in [5.41, 5.74) is 0.483. The van der Waals surface area contributed by atoms with E-state index in [1.165, 1.54) is 23.8 Å². The average Bonchev–Trinajstić information content (AvgIpc) is 3.07. The minimum Gasteiger partial charge on any atom is -0.492 e. The van der Waals surface area contributed by atoms with Crippen LogP contribution in [-0.4, -0.2) is 71.3 Å². The largest absolute Gasteiger partial charge is 0.492 e. The van der Waals surface area contributed by atoms with Gasteiger partial charge >= 0.3 is 11.9 Å². The second-order valence-corrected chi connectivity index (χ2v) is 12.9. The Labute approximate surface area is 288 Å². The third-order valence-corrected chi connectivity index (χ3v) is 9.17. The highest BCUT2D eigenvalue weighted by molar-refractivity contribution is 5.94. The van der Waals surface area contributed by atoms with Crippen LogP contribution in [0.15, 0.2) is 96.2 Å². The molecule has 1 aliphatic rings. The third kappa shape index (κ3) is 9.24. The number of carbonyl (C=O) groups excluding carboxylic acids is 1. The highest BCUT2D eigenvalue weighted by atomic mass is 16.6. The number of nitro groups is 1. The van der Waals surface area contributed by atoms with E-state index in [1.807, 2.05) is 48.5 Å². The predicted octanol–water partition coefficient (Wildman–Crippen LogP) is 5.92. The number of carboxylic acids is 1. The van der Waals surface area contributed by atoms with Crippen molar-refractivity contribution in [1.82, 2.24) is 15.5 Å². The molecule has 11 heteroatoms. The number of allylic oxidation sites excluding steroid dienone is 1. The van der Waals surface area contributed by atoms with Crippen molar-refractivity contribution in [3.05, 3.63) is 117 Å². The Hall–Kier alpha value is -4.74. The standard InChI is InChI=1S/C38H48N4O7/c1-26(2)49-36(43)34-28(4)40-29(5)38(37(44)45,35(34)31-15-12-16-32(23-31)42(46)47)19-20-39-21-22-41(24-30-13-8-6-9-14-30)27(3)25-48-33-17-10-7-11-18-33/h6-18,23,26-27,29,35,39-40H,19-22,24-25H2,1-5H3,(H,44,45). The van der Waals surface area contributed by atoms with E-state index in [2.05, 4.69) is 34.6 Å². The van der Waals surface area contributed by atoms with E-state index >= 15 is 0 Å². The van der Waals surface area contributed by atoms with Crippen LogP contribution in [0.4, 0.5) is 5.69 Å². The number of para-hydroxylation sites is 1. The highest BCUT2D eigenvalue weighted by Gasteiger charge is 2.56. The zero-order valence-corrected chi connectivity index (χ0v) is 28.9. The molecule has 0 bridgehead atoms. The van der Waals surface area contributed by atoms with Crippen molar-refractivity contribution >= 4 is 17.6 Å². The number of nitrogens with zero attached hydrogens (tertiary/aromatic N) is 2. The Balaban J connectivity index is 1.55. The minimum atomic E-state index is -1.53. The molecule has 3 aromatic rings. The van der Waals surface area contributed by atoms with Crippen LogP contribution in [-0.2, 0) is 20.9 Å². The van der Waals surface area contributed by atoms with E-state index in [0.29, 0.717) is 44.0 Å². The zero-order valence-electron chi connectivity index (χ0n) is 28.9. The van der Waals surface area contributed by atoms with Gasteiger partial charge in [0, 0.05) is 55.5 Å². The lowest BCUT2D eigenvalue weighted by Crippen LogP contribution is -2.57. The molecule has 1 aliphatic heterocycles. The molecule has 0 saturated heterocycles. The van der Waals surface area contributed by atoms with Crippen molar-refractivity contribution < 1.29 is 29.1 Å². The first-order valence-electron chi connectivity index (χ1n) is 16.8. The number of carbonyl (C=O) groups is 2. The summed E-state index contributed by atoms with van der Waals surface area (Å²) >= 11 is 0. The number of rotatable bonds is 17. The van der Waals surface area contributed by atoms with E-state index in [4.69, 9.17) is 9.47 Å². The number of non-ortho nitro benzene ring substituents is 1. The maximum Gasteiger partial charge on any atom is 0.336 e. The summed E-state index contributed by atoms with van der Waals surface area (Å²) in [6.45, 7) is 11.8. The van der Waals surface area contributed by atoms with Crippen molar-refractivity contribution in [2.45, 2.75) is 71.7 Å². The Morgan fingerprint density at radius 2 is 1.69 bits per heavy atom. The van der Waals surface area contributed by atoms with Gasteiger partial charge in [0.05, 0.1) is 22.0 Å². The van der Waals surface area contributed by atoms with Crippen LogP contribution in [0.1, 0.15) is 58.1 Å². The molecule has 0 saturated carbocycles. The fourth-order valence-electron chi connectivity index (χ4n) is 6.62. The molecule has 3 N–H and O–H groups in total. The molecule has 262 valence electrons. The normalized spacial score (nSPS) is 19.7. The van der Waals surface area contributed by atoms with Crippen LogP contribution < -0.4 is 15.4 Å². The monoisotopic (exact) mass is 672 g/mol. The molecule has 0 spiro atoms. The van der Waals surface area contributed by atoms with Crippen LogP contribution in [0.25, 0.3) is 0 Å². The molecule has 0 fully saturated rings. The Kier molecular flexibility index (Phi) is 12.9. The summed E-state index contributed by atoms with van der Waals surface area (Å²) in [7, 11) is 0. The number of nitrogens with one attached hydrogen (secondary N) is 2. The molecule has 4 rings (SSSR count). The van der Waals surface area contributed by atoms with Gasteiger partial charge in [0.25, 0.3) is 5.69 Å². The lowest BCUT2D eigenvalue weighted by atomic mass is 9.60. The SMILES string of the molecule is CC1=C(C(=O)OC(C)C)C(c2cccc([N+](=O)[O-])c2)C(CCNCCN(Cc2ccccc2)C(C)COc2ccccc2)(C(=O)O)C(C)N1. The van der Waals surface area contributed by atoms with E-state index in [1.54, 1.807) is 33.8 Å². The van der Waals surface area contributed by atoms with Crippen molar-refractivity contribution in [2.75, 3.05) is 26.2 Å². The number of aliphatic carboxylic acids is 1. The molecule has 0 radical (unpaired) electrons. The second kappa shape index (κ2) is 17.1. The zero-order chi connectivity index (χ0) is 35.6. The molecule has 11 nitrogen and oxygen atoms in total. The molecular weight excluding hydrogens is 624 g/mol. The number of hydrogen-bond acceptors (Lipinski definition) is 9. The highest BCUT2D eigenvalue weighted by Crippen LogP contribution is 2.51. The van der Waals surface area contributed by atoms with Crippen molar-refractivity contribution in [2.24, 2.45) is 5.41 Å². The van der Waals surface area contributed by atoms with E-state index in [0.717, 1.165) is 5.75 Å². The first-order chi connectivity index (χ1) is 23.4. The molecule has 0 amide bonds. The van der Waals surface area contributed by atoms with Gasteiger partial charge in [-0.2, -0.15) is 0 Å². The van der Waals surface area contributed by atoms with Crippen LogP contribution in [0.5, 0.6) is 5.75 Å². The first-order valence-corrected chi connectivity index (χ1v) is 16.8. The number of benzene rings is 3. The Bertz CT molecular complexity index is 1600.